The van der Waals surface area contributed by atoms with Crippen molar-refractivity contribution in [2.45, 2.75) is 13.3 Å². The number of hydrogen-bond donors (Lipinski definition) is 0. The number of aryl methyl sites for hydroxylation is 1. The van der Waals surface area contributed by atoms with E-state index in [0.29, 0.717) is 23.9 Å². The van der Waals surface area contributed by atoms with Gasteiger partial charge in [-0.2, -0.15) is 5.10 Å². The van der Waals surface area contributed by atoms with Crippen LogP contribution in [0.15, 0.2) is 60.7 Å². The summed E-state index contributed by atoms with van der Waals surface area (Å²) < 4.78 is 7.44. The minimum Gasteiger partial charge on any atom is -0.494 e. The SMILES string of the molecule is Cc1cc(C(=O)N(C)CCCOc2ccc(Cl)cc2)nn1-c1ccccc1. The van der Waals surface area contributed by atoms with Crippen molar-refractivity contribution in [3.8, 4) is 11.4 Å². The standard InChI is InChI=1S/C21H22ClN3O2/c1-16-15-20(23-25(16)18-7-4-3-5-8-18)21(26)24(2)13-6-14-27-19-11-9-17(22)10-12-19/h3-5,7-12,15H,6,13-14H2,1-2H3. The molecule has 1 amide bonds. The molecule has 0 spiro atoms. The maximum Gasteiger partial charge on any atom is 0.274 e. The molecule has 3 aromatic rings. The minimum absolute atomic E-state index is 0.0979. The van der Waals surface area contributed by atoms with Crippen LogP contribution >= 0.6 is 11.6 Å². The van der Waals surface area contributed by atoms with Crippen molar-refractivity contribution < 1.29 is 9.53 Å². The van der Waals surface area contributed by atoms with E-state index < -0.39 is 0 Å². The third-order valence-electron chi connectivity index (χ3n) is 4.17. The highest BCUT2D eigenvalue weighted by molar-refractivity contribution is 6.30. The Balaban J connectivity index is 1.53. The van der Waals surface area contributed by atoms with Gasteiger partial charge < -0.3 is 9.64 Å². The van der Waals surface area contributed by atoms with E-state index in [2.05, 4.69) is 5.10 Å². The number of carbonyl (C=O) groups is 1. The van der Waals surface area contributed by atoms with Gasteiger partial charge in [-0.1, -0.05) is 29.8 Å². The highest BCUT2D eigenvalue weighted by Gasteiger charge is 2.17. The number of benzene rings is 2. The number of hydrogen-bond acceptors (Lipinski definition) is 3. The van der Waals surface area contributed by atoms with Crippen molar-refractivity contribution in [2.75, 3.05) is 20.2 Å². The number of ether oxygens (including phenoxy) is 1. The first kappa shape index (κ1) is 19.0. The van der Waals surface area contributed by atoms with E-state index in [4.69, 9.17) is 16.3 Å². The first-order chi connectivity index (χ1) is 13.0. The Morgan fingerprint density at radius 2 is 1.85 bits per heavy atom. The predicted octanol–water partition coefficient (Wildman–Crippen LogP) is 4.38. The third-order valence-corrected chi connectivity index (χ3v) is 4.43. The average Bonchev–Trinajstić information content (AvgIpc) is 3.08. The van der Waals surface area contributed by atoms with Gasteiger partial charge in [-0.05, 0) is 55.8 Å². The highest BCUT2D eigenvalue weighted by Crippen LogP contribution is 2.16. The second kappa shape index (κ2) is 8.73. The lowest BCUT2D eigenvalue weighted by molar-refractivity contribution is 0.0781. The highest BCUT2D eigenvalue weighted by atomic mass is 35.5. The normalized spacial score (nSPS) is 10.6. The fourth-order valence-electron chi connectivity index (χ4n) is 2.73. The zero-order valence-corrected chi connectivity index (χ0v) is 16.2. The van der Waals surface area contributed by atoms with Crippen LogP contribution in [0.25, 0.3) is 5.69 Å². The van der Waals surface area contributed by atoms with Gasteiger partial charge in [0.05, 0.1) is 12.3 Å². The molecule has 6 heteroatoms. The lowest BCUT2D eigenvalue weighted by atomic mass is 10.3. The van der Waals surface area contributed by atoms with Gasteiger partial charge in [-0.25, -0.2) is 4.68 Å². The Labute approximate surface area is 164 Å². The molecular formula is C21H22ClN3O2. The summed E-state index contributed by atoms with van der Waals surface area (Å²) in [5.74, 6) is 0.671. The molecule has 1 heterocycles. The average molecular weight is 384 g/mol. The van der Waals surface area contributed by atoms with Crippen LogP contribution in [0.5, 0.6) is 5.75 Å². The molecule has 27 heavy (non-hydrogen) atoms. The fourth-order valence-corrected chi connectivity index (χ4v) is 2.86. The van der Waals surface area contributed by atoms with E-state index in [1.807, 2.05) is 55.5 Å². The topological polar surface area (TPSA) is 47.4 Å². The smallest absolute Gasteiger partial charge is 0.274 e. The number of halogens is 1. The minimum atomic E-state index is -0.0979. The van der Waals surface area contributed by atoms with Crippen molar-refractivity contribution in [3.63, 3.8) is 0 Å². The molecule has 0 aliphatic rings. The Hall–Kier alpha value is -2.79. The molecule has 0 radical (unpaired) electrons. The summed E-state index contributed by atoms with van der Waals surface area (Å²) in [6, 6.07) is 18.8. The van der Waals surface area contributed by atoms with Gasteiger partial charge in [-0.3, -0.25) is 4.79 Å². The number of carbonyl (C=O) groups excluding carboxylic acids is 1. The third kappa shape index (κ3) is 4.89. The molecule has 0 saturated heterocycles. The summed E-state index contributed by atoms with van der Waals surface area (Å²) in [5, 5.41) is 5.15. The zero-order valence-electron chi connectivity index (χ0n) is 15.4. The fraction of sp³-hybridized carbons (Fsp3) is 0.238. The number of rotatable bonds is 7. The summed E-state index contributed by atoms with van der Waals surface area (Å²) in [7, 11) is 1.78. The molecule has 0 atom stereocenters. The summed E-state index contributed by atoms with van der Waals surface area (Å²) in [5.41, 5.74) is 2.30. The summed E-state index contributed by atoms with van der Waals surface area (Å²) in [6.07, 6.45) is 0.725. The van der Waals surface area contributed by atoms with Crippen LogP contribution in [0.1, 0.15) is 22.6 Å². The molecule has 0 unspecified atom stereocenters. The van der Waals surface area contributed by atoms with Crippen LogP contribution in [-0.4, -0.2) is 40.8 Å². The van der Waals surface area contributed by atoms with E-state index >= 15 is 0 Å². The van der Waals surface area contributed by atoms with Crippen molar-refractivity contribution in [1.29, 1.82) is 0 Å². The van der Waals surface area contributed by atoms with E-state index in [-0.39, 0.29) is 5.91 Å². The molecule has 2 aromatic carbocycles. The summed E-state index contributed by atoms with van der Waals surface area (Å²) >= 11 is 5.85. The molecule has 0 bridgehead atoms. The molecule has 140 valence electrons. The molecule has 0 aliphatic carbocycles. The first-order valence-corrected chi connectivity index (χ1v) is 9.18. The maximum absolute atomic E-state index is 12.6. The van der Waals surface area contributed by atoms with Crippen molar-refractivity contribution >= 4 is 17.5 Å². The predicted molar refractivity (Wildman–Crippen MR) is 107 cm³/mol. The van der Waals surface area contributed by atoms with E-state index in [1.165, 1.54) is 0 Å². The lowest BCUT2D eigenvalue weighted by Gasteiger charge is -2.16. The van der Waals surface area contributed by atoms with Crippen molar-refractivity contribution in [1.82, 2.24) is 14.7 Å². The van der Waals surface area contributed by atoms with Crippen molar-refractivity contribution in [2.24, 2.45) is 0 Å². The molecule has 0 N–H and O–H groups in total. The van der Waals surface area contributed by atoms with Gasteiger partial charge in [-0.15, -0.1) is 0 Å². The molecule has 1 aromatic heterocycles. The van der Waals surface area contributed by atoms with E-state index in [0.717, 1.165) is 23.6 Å². The van der Waals surface area contributed by atoms with Gasteiger partial charge in [0.2, 0.25) is 0 Å². The second-order valence-electron chi connectivity index (χ2n) is 6.30. The van der Waals surface area contributed by atoms with Gasteiger partial charge >= 0.3 is 0 Å². The van der Waals surface area contributed by atoms with Crippen LogP contribution in [0.4, 0.5) is 0 Å². The Bertz CT molecular complexity index is 892. The number of para-hydroxylation sites is 1. The quantitative estimate of drug-likeness (QED) is 0.569. The molecule has 0 saturated carbocycles. The van der Waals surface area contributed by atoms with E-state index in [9.17, 15) is 4.79 Å². The summed E-state index contributed by atoms with van der Waals surface area (Å²) in [4.78, 5) is 14.3. The number of nitrogens with zero attached hydrogens (tertiary/aromatic N) is 3. The summed E-state index contributed by atoms with van der Waals surface area (Å²) in [6.45, 7) is 3.05. The second-order valence-corrected chi connectivity index (χ2v) is 6.74. The molecule has 3 rings (SSSR count). The molecule has 5 nitrogen and oxygen atoms in total. The molecule has 0 aliphatic heterocycles. The Morgan fingerprint density at radius 1 is 1.15 bits per heavy atom. The zero-order chi connectivity index (χ0) is 19.2. The van der Waals surface area contributed by atoms with Crippen molar-refractivity contribution in [3.05, 3.63) is 77.1 Å². The number of aromatic nitrogens is 2. The molecule has 0 fully saturated rings. The Kier molecular flexibility index (Phi) is 6.14. The lowest BCUT2D eigenvalue weighted by Crippen LogP contribution is -2.29. The molecular weight excluding hydrogens is 362 g/mol. The van der Waals surface area contributed by atoms with Crippen LogP contribution in [0, 0.1) is 6.92 Å². The number of amides is 1. The van der Waals surface area contributed by atoms with Crippen LogP contribution in [0.2, 0.25) is 5.02 Å². The maximum atomic E-state index is 12.6. The van der Waals surface area contributed by atoms with E-state index in [1.54, 1.807) is 28.8 Å². The monoisotopic (exact) mass is 383 g/mol. The van der Waals surface area contributed by atoms with Gasteiger partial charge in [0.25, 0.3) is 5.91 Å². The van der Waals surface area contributed by atoms with Crippen LogP contribution in [-0.2, 0) is 0 Å². The van der Waals surface area contributed by atoms with Crippen LogP contribution < -0.4 is 4.74 Å². The van der Waals surface area contributed by atoms with Gasteiger partial charge in [0.1, 0.15) is 5.75 Å². The van der Waals surface area contributed by atoms with Crippen LogP contribution in [0.3, 0.4) is 0 Å². The Morgan fingerprint density at radius 3 is 2.56 bits per heavy atom. The van der Waals surface area contributed by atoms with Gasteiger partial charge in [0, 0.05) is 24.3 Å². The first-order valence-electron chi connectivity index (χ1n) is 8.80. The largest absolute Gasteiger partial charge is 0.494 e. The van der Waals surface area contributed by atoms with Gasteiger partial charge in [0.15, 0.2) is 5.69 Å².